The fraction of sp³-hybridized carbons (Fsp3) is 0.182. The highest BCUT2D eigenvalue weighted by molar-refractivity contribution is 9.10. The van der Waals surface area contributed by atoms with E-state index in [4.69, 9.17) is 5.73 Å². The molecule has 0 fully saturated rings. The van der Waals surface area contributed by atoms with Crippen molar-refractivity contribution < 1.29 is 8.42 Å². The Bertz CT molecular complexity index is 660. The van der Waals surface area contributed by atoms with E-state index in [2.05, 4.69) is 21.0 Å². The van der Waals surface area contributed by atoms with E-state index in [0.29, 0.717) is 16.0 Å². The summed E-state index contributed by atoms with van der Waals surface area (Å²) in [6.07, 6.45) is 1.64. The van der Waals surface area contributed by atoms with Crippen LogP contribution in [0.3, 0.4) is 0 Å². The smallest absolute Gasteiger partial charge is 0.180 e. The average molecular weight is 330 g/mol. The molecule has 0 atom stereocenters. The molecule has 0 spiro atoms. The first-order chi connectivity index (χ1) is 8.45. The summed E-state index contributed by atoms with van der Waals surface area (Å²) in [5.74, 6) is 0.362. The fourth-order valence-electron chi connectivity index (χ4n) is 1.55. The van der Waals surface area contributed by atoms with E-state index in [0.717, 1.165) is 0 Å². The number of para-hydroxylation sites is 1. The Morgan fingerprint density at radius 3 is 2.61 bits per heavy atom. The largest absolute Gasteiger partial charge is 0.381 e. The molecule has 2 rings (SSSR count). The first kappa shape index (κ1) is 13.1. The molecular formula is C11H12BrN3O2S. The van der Waals surface area contributed by atoms with Gasteiger partial charge in [0.15, 0.2) is 15.7 Å². The highest BCUT2D eigenvalue weighted by atomic mass is 79.9. The SMILES string of the molecule is CCS(=O)(=O)c1ccccc1-n1cc(Br)c(N)n1. The third-order valence-corrected chi connectivity index (χ3v) is 4.91. The van der Waals surface area contributed by atoms with Crippen LogP contribution in [0, 0.1) is 0 Å². The number of hydrogen-bond acceptors (Lipinski definition) is 4. The number of hydrogen-bond donors (Lipinski definition) is 1. The lowest BCUT2D eigenvalue weighted by atomic mass is 10.3. The Labute approximate surface area is 114 Å². The molecule has 0 amide bonds. The van der Waals surface area contributed by atoms with Gasteiger partial charge < -0.3 is 5.73 Å². The van der Waals surface area contributed by atoms with Gasteiger partial charge in [-0.05, 0) is 28.1 Å². The molecule has 0 bridgehead atoms. The van der Waals surface area contributed by atoms with Crippen LogP contribution in [0.5, 0.6) is 0 Å². The van der Waals surface area contributed by atoms with Gasteiger partial charge in [0.2, 0.25) is 0 Å². The molecule has 2 N–H and O–H groups in total. The van der Waals surface area contributed by atoms with Crippen molar-refractivity contribution in [3.05, 3.63) is 34.9 Å². The molecule has 0 saturated carbocycles. The second-order valence-electron chi connectivity index (χ2n) is 3.68. The maximum Gasteiger partial charge on any atom is 0.180 e. The number of anilines is 1. The monoisotopic (exact) mass is 329 g/mol. The third-order valence-electron chi connectivity index (χ3n) is 2.52. The molecule has 0 aliphatic heterocycles. The molecule has 1 heterocycles. The second-order valence-corrected chi connectivity index (χ2v) is 6.78. The molecule has 7 heteroatoms. The number of rotatable bonds is 3. The fourth-order valence-corrected chi connectivity index (χ4v) is 2.90. The van der Waals surface area contributed by atoms with Gasteiger partial charge in [0.1, 0.15) is 0 Å². The number of benzene rings is 1. The average Bonchev–Trinajstić information content (AvgIpc) is 2.69. The number of nitrogen functional groups attached to an aromatic ring is 1. The minimum atomic E-state index is -3.30. The summed E-state index contributed by atoms with van der Waals surface area (Å²) in [5, 5.41) is 4.07. The Hall–Kier alpha value is -1.34. The van der Waals surface area contributed by atoms with Crippen LogP contribution in [0.4, 0.5) is 5.82 Å². The van der Waals surface area contributed by atoms with E-state index in [1.807, 2.05) is 0 Å². The van der Waals surface area contributed by atoms with Gasteiger partial charge in [0.25, 0.3) is 0 Å². The highest BCUT2D eigenvalue weighted by Gasteiger charge is 2.18. The predicted octanol–water partition coefficient (Wildman–Crippen LogP) is 2.01. The van der Waals surface area contributed by atoms with E-state index in [9.17, 15) is 8.42 Å². The van der Waals surface area contributed by atoms with Crippen molar-refractivity contribution in [3.8, 4) is 5.69 Å². The minimum absolute atomic E-state index is 0.0436. The predicted molar refractivity (Wildman–Crippen MR) is 73.4 cm³/mol. The van der Waals surface area contributed by atoms with Gasteiger partial charge in [-0.2, -0.15) is 0 Å². The molecule has 96 valence electrons. The van der Waals surface area contributed by atoms with Crippen molar-refractivity contribution in [2.24, 2.45) is 0 Å². The van der Waals surface area contributed by atoms with E-state index in [1.165, 1.54) is 4.68 Å². The first-order valence-electron chi connectivity index (χ1n) is 5.28. The van der Waals surface area contributed by atoms with Crippen LogP contribution in [-0.4, -0.2) is 24.0 Å². The molecule has 0 unspecified atom stereocenters. The van der Waals surface area contributed by atoms with Gasteiger partial charge in [0.05, 0.1) is 20.8 Å². The van der Waals surface area contributed by atoms with E-state index < -0.39 is 9.84 Å². The molecule has 2 aromatic rings. The van der Waals surface area contributed by atoms with Gasteiger partial charge in [-0.3, -0.25) is 0 Å². The van der Waals surface area contributed by atoms with Crippen LogP contribution in [0.25, 0.3) is 5.69 Å². The van der Waals surface area contributed by atoms with Gasteiger partial charge in [-0.15, -0.1) is 5.10 Å². The van der Waals surface area contributed by atoms with Crippen molar-refractivity contribution in [1.82, 2.24) is 9.78 Å². The van der Waals surface area contributed by atoms with Gasteiger partial charge in [0, 0.05) is 6.20 Å². The van der Waals surface area contributed by atoms with E-state index in [-0.39, 0.29) is 10.6 Å². The van der Waals surface area contributed by atoms with Gasteiger partial charge >= 0.3 is 0 Å². The molecule has 0 aliphatic rings. The zero-order chi connectivity index (χ0) is 13.3. The van der Waals surface area contributed by atoms with Crippen molar-refractivity contribution in [3.63, 3.8) is 0 Å². The molecule has 0 radical (unpaired) electrons. The number of nitrogens with two attached hydrogens (primary N) is 1. The standard InChI is InChI=1S/C11H12BrN3O2S/c1-2-18(16,17)10-6-4-3-5-9(10)15-7-8(12)11(13)14-15/h3-7H,2H2,1H3,(H2,13,14). The van der Waals surface area contributed by atoms with Crippen molar-refractivity contribution >= 4 is 31.6 Å². The number of aromatic nitrogens is 2. The van der Waals surface area contributed by atoms with Crippen LogP contribution in [0.2, 0.25) is 0 Å². The minimum Gasteiger partial charge on any atom is -0.381 e. The zero-order valence-corrected chi connectivity index (χ0v) is 12.1. The summed E-state index contributed by atoms with van der Waals surface area (Å²) in [4.78, 5) is 0.252. The Kier molecular flexibility index (Phi) is 3.45. The van der Waals surface area contributed by atoms with Gasteiger partial charge in [-0.1, -0.05) is 19.1 Å². The molecule has 0 aliphatic carbocycles. The van der Waals surface area contributed by atoms with Crippen LogP contribution in [0.1, 0.15) is 6.92 Å². The van der Waals surface area contributed by atoms with Crippen LogP contribution >= 0.6 is 15.9 Å². The summed E-state index contributed by atoms with van der Waals surface area (Å²) in [5.41, 5.74) is 6.14. The summed E-state index contributed by atoms with van der Waals surface area (Å²) in [6, 6.07) is 6.71. The summed E-state index contributed by atoms with van der Waals surface area (Å²) in [7, 11) is -3.30. The Balaban J connectivity index is 2.66. The molecule has 18 heavy (non-hydrogen) atoms. The van der Waals surface area contributed by atoms with Crippen LogP contribution < -0.4 is 5.73 Å². The zero-order valence-electron chi connectivity index (χ0n) is 9.67. The van der Waals surface area contributed by atoms with Crippen LogP contribution in [-0.2, 0) is 9.84 Å². The Morgan fingerprint density at radius 1 is 1.39 bits per heavy atom. The maximum atomic E-state index is 12.0. The lowest BCUT2D eigenvalue weighted by Crippen LogP contribution is -2.09. The summed E-state index contributed by atoms with van der Waals surface area (Å²) < 4.78 is 26.1. The summed E-state index contributed by atoms with van der Waals surface area (Å²) >= 11 is 3.25. The molecule has 5 nitrogen and oxygen atoms in total. The van der Waals surface area contributed by atoms with Crippen molar-refractivity contribution in [2.75, 3.05) is 11.5 Å². The lowest BCUT2D eigenvalue weighted by molar-refractivity contribution is 0.596. The number of nitrogens with zero attached hydrogens (tertiary/aromatic N) is 2. The third kappa shape index (κ3) is 2.28. The maximum absolute atomic E-state index is 12.0. The first-order valence-corrected chi connectivity index (χ1v) is 7.73. The Morgan fingerprint density at radius 2 is 2.06 bits per heavy atom. The summed E-state index contributed by atoms with van der Waals surface area (Å²) in [6.45, 7) is 1.61. The van der Waals surface area contributed by atoms with E-state index in [1.54, 1.807) is 37.4 Å². The highest BCUT2D eigenvalue weighted by Crippen LogP contribution is 2.24. The normalized spacial score (nSPS) is 11.7. The number of sulfone groups is 1. The quantitative estimate of drug-likeness (QED) is 0.934. The molecule has 0 saturated heterocycles. The van der Waals surface area contributed by atoms with Crippen molar-refractivity contribution in [2.45, 2.75) is 11.8 Å². The lowest BCUT2D eigenvalue weighted by Gasteiger charge is -2.08. The van der Waals surface area contributed by atoms with Crippen molar-refractivity contribution in [1.29, 1.82) is 0 Å². The van der Waals surface area contributed by atoms with Gasteiger partial charge in [-0.25, -0.2) is 13.1 Å². The molecule has 1 aromatic carbocycles. The molecular weight excluding hydrogens is 318 g/mol. The molecule has 1 aromatic heterocycles. The van der Waals surface area contributed by atoms with Crippen LogP contribution in [0.15, 0.2) is 39.8 Å². The number of halogens is 1. The van der Waals surface area contributed by atoms with E-state index >= 15 is 0 Å². The topological polar surface area (TPSA) is 78.0 Å². The second kappa shape index (κ2) is 4.74.